The summed E-state index contributed by atoms with van der Waals surface area (Å²) in [5, 5.41) is 13.9. The van der Waals surface area contributed by atoms with Crippen molar-refractivity contribution in [1.82, 2.24) is 10.2 Å². The molecule has 2 aromatic rings. The van der Waals surface area contributed by atoms with E-state index in [9.17, 15) is 19.7 Å². The lowest BCUT2D eigenvalue weighted by molar-refractivity contribution is -0.384. The Bertz CT molecular complexity index is 874. The van der Waals surface area contributed by atoms with Gasteiger partial charge in [0.25, 0.3) is 11.6 Å². The molecule has 3 rings (SSSR count). The summed E-state index contributed by atoms with van der Waals surface area (Å²) in [7, 11) is 0. The Hall–Kier alpha value is -3.42. The summed E-state index contributed by atoms with van der Waals surface area (Å²) in [6.07, 6.45) is 0. The molecule has 1 fully saturated rings. The zero-order valence-corrected chi connectivity index (χ0v) is 15.6. The minimum Gasteiger partial charge on any atom is -0.362 e. The first kappa shape index (κ1) is 19.3. The minimum atomic E-state index is -0.380. The third kappa shape index (κ3) is 4.46. The zero-order chi connectivity index (χ0) is 20.1. The number of nitrogens with zero attached hydrogens (tertiary/aromatic N) is 3. The van der Waals surface area contributed by atoms with Gasteiger partial charge in [0.15, 0.2) is 0 Å². The minimum absolute atomic E-state index is 0.0618. The van der Waals surface area contributed by atoms with Crippen LogP contribution in [-0.2, 0) is 11.3 Å². The number of anilines is 1. The molecular weight excluding hydrogens is 360 g/mol. The van der Waals surface area contributed by atoms with Crippen molar-refractivity contribution >= 4 is 23.2 Å². The number of amides is 2. The Morgan fingerprint density at radius 1 is 1.04 bits per heavy atom. The van der Waals surface area contributed by atoms with Crippen molar-refractivity contribution in [2.24, 2.45) is 0 Å². The molecule has 8 nitrogen and oxygen atoms in total. The summed E-state index contributed by atoms with van der Waals surface area (Å²) < 4.78 is 0. The molecule has 0 radical (unpaired) electrons. The molecular formula is C20H22N4O4. The summed E-state index contributed by atoms with van der Waals surface area (Å²) >= 11 is 0. The maximum atomic E-state index is 12.7. The van der Waals surface area contributed by atoms with Gasteiger partial charge in [-0.05, 0) is 23.8 Å². The average molecular weight is 382 g/mol. The van der Waals surface area contributed by atoms with Gasteiger partial charge in [-0.2, -0.15) is 0 Å². The van der Waals surface area contributed by atoms with Gasteiger partial charge in [-0.3, -0.25) is 19.7 Å². The largest absolute Gasteiger partial charge is 0.362 e. The number of piperazine rings is 1. The van der Waals surface area contributed by atoms with Gasteiger partial charge < -0.3 is 15.1 Å². The number of hydrogen-bond donors (Lipinski definition) is 1. The molecule has 0 saturated carbocycles. The summed E-state index contributed by atoms with van der Waals surface area (Å²) in [5.74, 6) is -0.162. The maximum absolute atomic E-state index is 12.7. The summed E-state index contributed by atoms with van der Waals surface area (Å²) in [5.41, 5.74) is 2.18. The summed E-state index contributed by atoms with van der Waals surface area (Å²) in [4.78, 5) is 38.2. The van der Waals surface area contributed by atoms with Crippen LogP contribution in [-0.4, -0.2) is 47.8 Å². The van der Waals surface area contributed by atoms with Crippen LogP contribution in [0.5, 0.6) is 0 Å². The number of nitro benzene ring substituents is 1. The number of carbonyl (C=O) groups excluding carboxylic acids is 2. The quantitative estimate of drug-likeness (QED) is 0.632. The first-order chi connectivity index (χ1) is 13.5. The molecule has 0 atom stereocenters. The number of rotatable bonds is 5. The SMILES string of the molecule is CC(=O)NCc1ccc(C(=O)N2CCN(c3ccccc3[N+](=O)[O-])CC2)cc1. The number of nitrogens with one attached hydrogen (secondary N) is 1. The van der Waals surface area contributed by atoms with E-state index in [1.54, 1.807) is 35.2 Å². The van der Waals surface area contributed by atoms with Crippen LogP contribution < -0.4 is 10.2 Å². The maximum Gasteiger partial charge on any atom is 0.292 e. The molecule has 146 valence electrons. The van der Waals surface area contributed by atoms with Gasteiger partial charge >= 0.3 is 0 Å². The van der Waals surface area contributed by atoms with Crippen molar-refractivity contribution in [3.8, 4) is 0 Å². The fourth-order valence-corrected chi connectivity index (χ4v) is 3.21. The Morgan fingerprint density at radius 3 is 2.29 bits per heavy atom. The van der Waals surface area contributed by atoms with E-state index in [1.807, 2.05) is 17.0 Å². The van der Waals surface area contributed by atoms with Crippen molar-refractivity contribution in [3.63, 3.8) is 0 Å². The van der Waals surface area contributed by atoms with Crippen molar-refractivity contribution in [2.45, 2.75) is 13.5 Å². The third-order valence-corrected chi connectivity index (χ3v) is 4.73. The van der Waals surface area contributed by atoms with Crippen molar-refractivity contribution in [1.29, 1.82) is 0 Å². The van der Waals surface area contributed by atoms with Gasteiger partial charge in [0.1, 0.15) is 5.69 Å². The van der Waals surface area contributed by atoms with E-state index >= 15 is 0 Å². The van der Waals surface area contributed by atoms with Crippen LogP contribution in [0.1, 0.15) is 22.8 Å². The fourth-order valence-electron chi connectivity index (χ4n) is 3.21. The zero-order valence-electron chi connectivity index (χ0n) is 15.6. The highest BCUT2D eigenvalue weighted by molar-refractivity contribution is 5.94. The second-order valence-electron chi connectivity index (χ2n) is 6.63. The molecule has 0 bridgehead atoms. The van der Waals surface area contributed by atoms with Crippen LogP contribution in [0.25, 0.3) is 0 Å². The number of carbonyl (C=O) groups is 2. The lowest BCUT2D eigenvalue weighted by Gasteiger charge is -2.35. The molecule has 1 aliphatic rings. The standard InChI is InChI=1S/C20H22N4O4/c1-15(25)21-14-16-6-8-17(9-7-16)20(26)23-12-10-22(11-13-23)18-4-2-3-5-19(18)24(27)28/h2-9H,10-14H2,1H3,(H,21,25). The molecule has 2 aromatic carbocycles. The van der Waals surface area contributed by atoms with E-state index in [0.29, 0.717) is 44.0 Å². The number of para-hydroxylation sites is 2. The second kappa shape index (κ2) is 8.51. The average Bonchev–Trinajstić information content (AvgIpc) is 2.72. The van der Waals surface area contributed by atoms with Crippen LogP contribution >= 0.6 is 0 Å². The van der Waals surface area contributed by atoms with Gasteiger partial charge in [0, 0.05) is 51.3 Å². The molecule has 0 unspecified atom stereocenters. The molecule has 28 heavy (non-hydrogen) atoms. The monoisotopic (exact) mass is 382 g/mol. The Kier molecular flexibility index (Phi) is 5.88. The molecule has 1 saturated heterocycles. The van der Waals surface area contributed by atoms with Gasteiger partial charge in [0.05, 0.1) is 4.92 Å². The molecule has 1 heterocycles. The topological polar surface area (TPSA) is 95.8 Å². The predicted molar refractivity (Wildman–Crippen MR) is 105 cm³/mol. The highest BCUT2D eigenvalue weighted by atomic mass is 16.6. The highest BCUT2D eigenvalue weighted by Crippen LogP contribution is 2.28. The van der Waals surface area contributed by atoms with E-state index in [0.717, 1.165) is 5.56 Å². The lowest BCUT2D eigenvalue weighted by Crippen LogP contribution is -2.48. The van der Waals surface area contributed by atoms with E-state index in [2.05, 4.69) is 5.32 Å². The van der Waals surface area contributed by atoms with Crippen LogP contribution in [0.15, 0.2) is 48.5 Å². The molecule has 8 heteroatoms. The Morgan fingerprint density at radius 2 is 1.68 bits per heavy atom. The van der Waals surface area contributed by atoms with Crippen molar-refractivity contribution in [3.05, 3.63) is 69.8 Å². The Balaban J connectivity index is 1.61. The fraction of sp³-hybridized carbons (Fsp3) is 0.300. The van der Waals surface area contributed by atoms with E-state index in [4.69, 9.17) is 0 Å². The Labute approximate surface area is 162 Å². The number of hydrogen-bond acceptors (Lipinski definition) is 5. The first-order valence-corrected chi connectivity index (χ1v) is 9.06. The molecule has 0 spiro atoms. The van der Waals surface area contributed by atoms with Crippen LogP contribution in [0, 0.1) is 10.1 Å². The van der Waals surface area contributed by atoms with Gasteiger partial charge in [0.2, 0.25) is 5.91 Å². The lowest BCUT2D eigenvalue weighted by atomic mass is 10.1. The van der Waals surface area contributed by atoms with Crippen LogP contribution in [0.3, 0.4) is 0 Å². The second-order valence-corrected chi connectivity index (χ2v) is 6.63. The smallest absolute Gasteiger partial charge is 0.292 e. The van der Waals surface area contributed by atoms with Crippen molar-refractivity contribution < 1.29 is 14.5 Å². The van der Waals surface area contributed by atoms with Gasteiger partial charge in [-0.15, -0.1) is 0 Å². The van der Waals surface area contributed by atoms with Crippen molar-refractivity contribution in [2.75, 3.05) is 31.1 Å². The van der Waals surface area contributed by atoms with E-state index < -0.39 is 0 Å². The summed E-state index contributed by atoms with van der Waals surface area (Å²) in [6.45, 7) is 3.96. The molecule has 2 amide bonds. The van der Waals surface area contributed by atoms with Crippen LogP contribution in [0.2, 0.25) is 0 Å². The van der Waals surface area contributed by atoms with Gasteiger partial charge in [-0.25, -0.2) is 0 Å². The number of benzene rings is 2. The molecule has 0 aliphatic carbocycles. The first-order valence-electron chi connectivity index (χ1n) is 9.06. The molecule has 1 N–H and O–H groups in total. The van der Waals surface area contributed by atoms with E-state index in [1.165, 1.54) is 13.0 Å². The molecule has 0 aromatic heterocycles. The summed E-state index contributed by atoms with van der Waals surface area (Å²) in [6, 6.07) is 13.8. The van der Waals surface area contributed by atoms with E-state index in [-0.39, 0.29) is 22.4 Å². The third-order valence-electron chi connectivity index (χ3n) is 4.73. The normalized spacial score (nSPS) is 13.9. The van der Waals surface area contributed by atoms with Crippen LogP contribution in [0.4, 0.5) is 11.4 Å². The predicted octanol–water partition coefficient (Wildman–Crippen LogP) is 2.19. The van der Waals surface area contributed by atoms with Gasteiger partial charge in [-0.1, -0.05) is 24.3 Å². The molecule has 1 aliphatic heterocycles. The number of nitro groups is 1. The highest BCUT2D eigenvalue weighted by Gasteiger charge is 2.25.